The average molecular weight is 435 g/mol. The molecule has 0 fully saturated rings. The molecule has 28 heavy (non-hydrogen) atoms. The van der Waals surface area contributed by atoms with Gasteiger partial charge in [0.1, 0.15) is 16.5 Å². The lowest BCUT2D eigenvalue weighted by Gasteiger charge is -2.04. The number of aryl methyl sites for hydroxylation is 2. The summed E-state index contributed by atoms with van der Waals surface area (Å²) in [6, 6.07) is 0. The number of anilines is 1. The van der Waals surface area contributed by atoms with E-state index in [1.54, 1.807) is 30.0 Å². The van der Waals surface area contributed by atoms with Gasteiger partial charge in [0, 0.05) is 10.3 Å². The SMILES string of the molecule is CCOC(=O)Cc1csc(SCc2nc(N)c3c4c(sc3n2)CCCCC4)n1. The van der Waals surface area contributed by atoms with E-state index in [9.17, 15) is 4.79 Å². The van der Waals surface area contributed by atoms with E-state index >= 15 is 0 Å². The van der Waals surface area contributed by atoms with Gasteiger partial charge in [-0.25, -0.2) is 15.0 Å². The van der Waals surface area contributed by atoms with Crippen LogP contribution in [0.2, 0.25) is 0 Å². The zero-order valence-electron chi connectivity index (χ0n) is 15.7. The molecule has 3 aromatic rings. The van der Waals surface area contributed by atoms with Gasteiger partial charge in [-0.2, -0.15) is 0 Å². The highest BCUT2D eigenvalue weighted by atomic mass is 32.2. The molecule has 0 spiro atoms. The molecule has 3 heterocycles. The van der Waals surface area contributed by atoms with Crippen LogP contribution < -0.4 is 5.73 Å². The lowest BCUT2D eigenvalue weighted by Crippen LogP contribution is -2.07. The summed E-state index contributed by atoms with van der Waals surface area (Å²) in [5, 5.41) is 2.97. The molecule has 0 aromatic carbocycles. The first-order chi connectivity index (χ1) is 13.6. The highest BCUT2D eigenvalue weighted by Crippen LogP contribution is 2.37. The predicted octanol–water partition coefficient (Wildman–Crippen LogP) is 4.40. The van der Waals surface area contributed by atoms with E-state index in [2.05, 4.69) is 9.97 Å². The van der Waals surface area contributed by atoms with Crippen LogP contribution in [-0.2, 0) is 34.5 Å². The molecule has 0 bridgehead atoms. The molecule has 0 radical (unpaired) electrons. The van der Waals surface area contributed by atoms with E-state index in [4.69, 9.17) is 15.5 Å². The van der Waals surface area contributed by atoms with Gasteiger partial charge in [0.05, 0.1) is 29.9 Å². The van der Waals surface area contributed by atoms with Crippen LogP contribution in [0.5, 0.6) is 0 Å². The first-order valence-electron chi connectivity index (χ1n) is 9.43. The third-order valence-corrected chi connectivity index (χ3v) is 7.88. The number of nitrogens with two attached hydrogens (primary N) is 1. The molecule has 0 saturated heterocycles. The van der Waals surface area contributed by atoms with Crippen LogP contribution in [0.1, 0.15) is 48.1 Å². The van der Waals surface area contributed by atoms with Crippen LogP contribution in [0, 0.1) is 0 Å². The molecule has 0 aliphatic heterocycles. The van der Waals surface area contributed by atoms with Gasteiger partial charge in [-0.1, -0.05) is 18.2 Å². The predicted molar refractivity (Wildman–Crippen MR) is 115 cm³/mol. The fourth-order valence-corrected chi connectivity index (χ4v) is 6.38. The second-order valence-corrected chi connectivity index (χ2v) is 9.81. The largest absolute Gasteiger partial charge is 0.466 e. The van der Waals surface area contributed by atoms with Gasteiger partial charge in [0.15, 0.2) is 4.34 Å². The Balaban J connectivity index is 1.47. The molecule has 3 aromatic heterocycles. The fourth-order valence-electron chi connectivity index (χ4n) is 3.39. The molecule has 9 heteroatoms. The van der Waals surface area contributed by atoms with Gasteiger partial charge in [-0.15, -0.1) is 22.7 Å². The summed E-state index contributed by atoms with van der Waals surface area (Å²) < 4.78 is 5.86. The van der Waals surface area contributed by atoms with Crippen molar-refractivity contribution < 1.29 is 9.53 Å². The van der Waals surface area contributed by atoms with Crippen LogP contribution in [0.3, 0.4) is 0 Å². The number of ether oxygens (including phenoxy) is 1. The zero-order chi connectivity index (χ0) is 19.5. The summed E-state index contributed by atoms with van der Waals surface area (Å²) in [7, 11) is 0. The van der Waals surface area contributed by atoms with E-state index < -0.39 is 0 Å². The number of thioether (sulfide) groups is 1. The number of carbonyl (C=O) groups excluding carboxylic acids is 1. The topological polar surface area (TPSA) is 91.0 Å². The molecule has 1 aliphatic carbocycles. The van der Waals surface area contributed by atoms with Crippen LogP contribution in [0.25, 0.3) is 10.2 Å². The number of fused-ring (bicyclic) bond motifs is 3. The van der Waals surface area contributed by atoms with Crippen molar-refractivity contribution in [2.75, 3.05) is 12.3 Å². The lowest BCUT2D eigenvalue weighted by atomic mass is 10.1. The summed E-state index contributed by atoms with van der Waals surface area (Å²) in [4.78, 5) is 27.8. The number of hydrogen-bond donors (Lipinski definition) is 1. The van der Waals surface area contributed by atoms with Gasteiger partial charge in [-0.3, -0.25) is 4.79 Å². The summed E-state index contributed by atoms with van der Waals surface area (Å²) in [5.74, 6) is 1.69. The minimum atomic E-state index is -0.247. The smallest absolute Gasteiger partial charge is 0.311 e. The lowest BCUT2D eigenvalue weighted by molar-refractivity contribution is -0.142. The Bertz CT molecular complexity index is 999. The summed E-state index contributed by atoms with van der Waals surface area (Å²) in [5.41, 5.74) is 8.43. The number of thiophene rings is 1. The minimum absolute atomic E-state index is 0.209. The second kappa shape index (κ2) is 8.75. The van der Waals surface area contributed by atoms with Gasteiger partial charge in [0.25, 0.3) is 0 Å². The van der Waals surface area contributed by atoms with Gasteiger partial charge < -0.3 is 10.5 Å². The van der Waals surface area contributed by atoms with Crippen LogP contribution in [-0.4, -0.2) is 27.5 Å². The van der Waals surface area contributed by atoms with Crippen molar-refractivity contribution in [1.29, 1.82) is 0 Å². The highest BCUT2D eigenvalue weighted by Gasteiger charge is 2.19. The Labute approximate surface area is 175 Å². The molecule has 6 nitrogen and oxygen atoms in total. The number of hydrogen-bond acceptors (Lipinski definition) is 9. The maximum atomic E-state index is 11.6. The molecule has 148 valence electrons. The first kappa shape index (κ1) is 19.6. The fraction of sp³-hybridized carbons (Fsp3) is 0.474. The second-order valence-electron chi connectivity index (χ2n) is 6.64. The van der Waals surface area contributed by atoms with Crippen LogP contribution in [0.15, 0.2) is 9.72 Å². The van der Waals surface area contributed by atoms with E-state index in [0.29, 0.717) is 18.2 Å². The van der Waals surface area contributed by atoms with Crippen molar-refractivity contribution in [3.05, 3.63) is 27.3 Å². The summed E-state index contributed by atoms with van der Waals surface area (Å²) in [6.45, 7) is 2.19. The van der Waals surface area contributed by atoms with Gasteiger partial charge in [0.2, 0.25) is 0 Å². The standard InChI is InChI=1S/C19H22N4O2S3/c1-2-25-15(24)8-11-9-26-19(21-11)27-10-14-22-17(20)16-12-6-4-3-5-7-13(12)28-18(16)23-14/h9H,2-8,10H2,1H3,(H2,20,22,23). The molecule has 0 atom stereocenters. The molecular formula is C19H22N4O2S3. The van der Waals surface area contributed by atoms with E-state index in [1.165, 1.54) is 41.0 Å². The number of aromatic nitrogens is 3. The van der Waals surface area contributed by atoms with Crippen LogP contribution in [0.4, 0.5) is 5.82 Å². The Hall–Kier alpha value is -1.71. The third kappa shape index (κ3) is 4.31. The number of esters is 1. The summed E-state index contributed by atoms with van der Waals surface area (Å²) >= 11 is 4.86. The van der Waals surface area contributed by atoms with Crippen molar-refractivity contribution in [2.24, 2.45) is 0 Å². The Morgan fingerprint density at radius 1 is 1.25 bits per heavy atom. The van der Waals surface area contributed by atoms with E-state index in [1.807, 2.05) is 5.38 Å². The van der Waals surface area contributed by atoms with Crippen molar-refractivity contribution in [3.8, 4) is 0 Å². The van der Waals surface area contributed by atoms with Crippen molar-refractivity contribution in [3.63, 3.8) is 0 Å². The Kier molecular flexibility index (Phi) is 6.13. The maximum Gasteiger partial charge on any atom is 0.311 e. The molecule has 0 unspecified atom stereocenters. The van der Waals surface area contributed by atoms with Gasteiger partial charge >= 0.3 is 5.97 Å². The quantitative estimate of drug-likeness (QED) is 0.349. The zero-order valence-corrected chi connectivity index (χ0v) is 18.1. The number of nitrogen functional groups attached to an aromatic ring is 1. The maximum absolute atomic E-state index is 11.6. The van der Waals surface area contributed by atoms with Crippen molar-refractivity contribution >= 4 is 56.4 Å². The van der Waals surface area contributed by atoms with E-state index in [-0.39, 0.29) is 12.4 Å². The number of thiazole rings is 1. The average Bonchev–Trinajstić information content (AvgIpc) is 3.17. The molecule has 2 N–H and O–H groups in total. The first-order valence-corrected chi connectivity index (χ1v) is 12.1. The van der Waals surface area contributed by atoms with Crippen molar-refractivity contribution in [2.45, 2.75) is 55.5 Å². The number of nitrogens with zero attached hydrogens (tertiary/aromatic N) is 3. The van der Waals surface area contributed by atoms with Crippen LogP contribution >= 0.6 is 34.4 Å². The monoisotopic (exact) mass is 434 g/mol. The highest BCUT2D eigenvalue weighted by molar-refractivity contribution is 8.00. The molecule has 1 aliphatic rings. The molecular weight excluding hydrogens is 412 g/mol. The Morgan fingerprint density at radius 2 is 2.11 bits per heavy atom. The normalized spacial score (nSPS) is 14.0. The number of carbonyl (C=O) groups is 1. The van der Waals surface area contributed by atoms with E-state index in [0.717, 1.165) is 38.9 Å². The van der Waals surface area contributed by atoms with Crippen molar-refractivity contribution in [1.82, 2.24) is 15.0 Å². The summed E-state index contributed by atoms with van der Waals surface area (Å²) in [6.07, 6.45) is 6.16. The van der Waals surface area contributed by atoms with Gasteiger partial charge in [-0.05, 0) is 38.2 Å². The minimum Gasteiger partial charge on any atom is -0.466 e. The molecule has 4 rings (SSSR count). The Morgan fingerprint density at radius 3 is 2.96 bits per heavy atom. The number of rotatable bonds is 6. The third-order valence-electron chi connectivity index (χ3n) is 4.63. The molecule has 0 amide bonds. The molecule has 0 saturated carbocycles.